The third kappa shape index (κ3) is 2.63. The second-order valence-electron chi connectivity index (χ2n) is 4.64. The molecule has 0 spiro atoms. The highest BCUT2D eigenvalue weighted by Gasteiger charge is 2.20. The lowest BCUT2D eigenvalue weighted by Gasteiger charge is -2.36. The smallest absolute Gasteiger partial charge is 0.101 e. The molecule has 1 unspecified atom stereocenters. The van der Waals surface area contributed by atoms with Crippen LogP contribution in [0.2, 0.25) is 0 Å². The lowest BCUT2D eigenvalue weighted by molar-refractivity contribution is 0.484. The molecule has 0 bridgehead atoms. The fourth-order valence-electron chi connectivity index (χ4n) is 2.46. The van der Waals surface area contributed by atoms with E-state index in [1.165, 1.54) is 19.3 Å². The molecule has 1 aromatic rings. The average Bonchev–Trinajstić information content (AvgIpc) is 2.38. The van der Waals surface area contributed by atoms with Gasteiger partial charge in [0.1, 0.15) is 6.07 Å². The number of hydrogen-bond donors (Lipinski definition) is 0. The van der Waals surface area contributed by atoms with Crippen molar-refractivity contribution in [2.75, 3.05) is 11.4 Å². The SMILES string of the molecule is CC1CCCCN1c1ccc(CBr)cc1C#N. The van der Waals surface area contributed by atoms with Gasteiger partial charge in [-0.3, -0.25) is 0 Å². The van der Waals surface area contributed by atoms with Crippen molar-refractivity contribution in [3.05, 3.63) is 29.3 Å². The first kappa shape index (κ1) is 12.4. The first-order chi connectivity index (χ1) is 8.26. The Labute approximate surface area is 111 Å². The van der Waals surface area contributed by atoms with Crippen LogP contribution in [0.25, 0.3) is 0 Å². The van der Waals surface area contributed by atoms with Gasteiger partial charge < -0.3 is 4.90 Å². The van der Waals surface area contributed by atoms with Crippen LogP contribution in [0.4, 0.5) is 5.69 Å². The van der Waals surface area contributed by atoms with E-state index in [4.69, 9.17) is 0 Å². The van der Waals surface area contributed by atoms with E-state index >= 15 is 0 Å². The Balaban J connectivity index is 2.34. The van der Waals surface area contributed by atoms with Crippen LogP contribution in [-0.2, 0) is 5.33 Å². The van der Waals surface area contributed by atoms with E-state index < -0.39 is 0 Å². The van der Waals surface area contributed by atoms with Gasteiger partial charge in [-0.15, -0.1) is 0 Å². The maximum atomic E-state index is 9.26. The van der Waals surface area contributed by atoms with E-state index in [0.29, 0.717) is 6.04 Å². The molecule has 2 rings (SSSR count). The van der Waals surface area contributed by atoms with Gasteiger partial charge in [0, 0.05) is 17.9 Å². The highest BCUT2D eigenvalue weighted by molar-refractivity contribution is 9.08. The van der Waals surface area contributed by atoms with Gasteiger partial charge in [-0.25, -0.2) is 0 Å². The highest BCUT2D eigenvalue weighted by Crippen LogP contribution is 2.28. The Hall–Kier alpha value is -1.01. The first-order valence-electron chi connectivity index (χ1n) is 6.12. The maximum Gasteiger partial charge on any atom is 0.101 e. The largest absolute Gasteiger partial charge is 0.368 e. The fourth-order valence-corrected chi connectivity index (χ4v) is 2.81. The van der Waals surface area contributed by atoms with Gasteiger partial charge in [-0.2, -0.15) is 5.26 Å². The topological polar surface area (TPSA) is 27.0 Å². The van der Waals surface area contributed by atoms with Crippen LogP contribution in [0.15, 0.2) is 18.2 Å². The van der Waals surface area contributed by atoms with E-state index in [0.717, 1.165) is 28.7 Å². The van der Waals surface area contributed by atoms with Crippen molar-refractivity contribution in [3.63, 3.8) is 0 Å². The number of rotatable bonds is 2. The number of nitriles is 1. The molecule has 1 aromatic carbocycles. The molecule has 90 valence electrons. The van der Waals surface area contributed by atoms with Crippen molar-refractivity contribution in [3.8, 4) is 6.07 Å². The summed E-state index contributed by atoms with van der Waals surface area (Å²) >= 11 is 3.43. The molecule has 1 aliphatic rings. The number of anilines is 1. The van der Waals surface area contributed by atoms with Gasteiger partial charge in [0.25, 0.3) is 0 Å². The van der Waals surface area contributed by atoms with Gasteiger partial charge in [0.05, 0.1) is 11.3 Å². The van der Waals surface area contributed by atoms with E-state index in [2.05, 4.69) is 46.0 Å². The Morgan fingerprint density at radius 3 is 2.94 bits per heavy atom. The molecule has 0 N–H and O–H groups in total. The Bertz CT molecular complexity index is 436. The molecule has 0 aliphatic carbocycles. The Morgan fingerprint density at radius 1 is 1.47 bits per heavy atom. The predicted molar refractivity (Wildman–Crippen MR) is 74.4 cm³/mol. The number of nitrogens with zero attached hydrogens (tertiary/aromatic N) is 2. The van der Waals surface area contributed by atoms with Gasteiger partial charge in [-0.05, 0) is 43.9 Å². The zero-order valence-electron chi connectivity index (χ0n) is 10.1. The zero-order valence-corrected chi connectivity index (χ0v) is 11.7. The first-order valence-corrected chi connectivity index (χ1v) is 7.24. The molecule has 1 heterocycles. The summed E-state index contributed by atoms with van der Waals surface area (Å²) in [4.78, 5) is 2.38. The van der Waals surface area contributed by atoms with Crippen molar-refractivity contribution < 1.29 is 0 Å². The zero-order chi connectivity index (χ0) is 12.3. The maximum absolute atomic E-state index is 9.26. The van der Waals surface area contributed by atoms with Crippen LogP contribution < -0.4 is 4.90 Å². The lowest BCUT2D eigenvalue weighted by Crippen LogP contribution is -2.37. The normalized spacial score (nSPS) is 20.1. The Kier molecular flexibility index (Phi) is 4.06. The number of hydrogen-bond acceptors (Lipinski definition) is 2. The summed E-state index contributed by atoms with van der Waals surface area (Å²) in [6, 6.07) is 9.06. The third-order valence-electron chi connectivity index (χ3n) is 3.45. The summed E-state index contributed by atoms with van der Waals surface area (Å²) < 4.78 is 0. The summed E-state index contributed by atoms with van der Waals surface area (Å²) in [7, 11) is 0. The summed E-state index contributed by atoms with van der Waals surface area (Å²) in [6.45, 7) is 3.32. The van der Waals surface area contributed by atoms with Crippen molar-refractivity contribution in [1.82, 2.24) is 0 Å². The van der Waals surface area contributed by atoms with Crippen LogP contribution in [0.5, 0.6) is 0 Å². The molecule has 0 radical (unpaired) electrons. The third-order valence-corrected chi connectivity index (χ3v) is 4.10. The van der Waals surface area contributed by atoms with E-state index in [1.807, 2.05) is 6.07 Å². The molecular formula is C14H17BrN2. The highest BCUT2D eigenvalue weighted by atomic mass is 79.9. The van der Waals surface area contributed by atoms with E-state index in [-0.39, 0.29) is 0 Å². The fraction of sp³-hybridized carbons (Fsp3) is 0.500. The van der Waals surface area contributed by atoms with Gasteiger partial charge in [0.15, 0.2) is 0 Å². The second-order valence-corrected chi connectivity index (χ2v) is 5.20. The monoisotopic (exact) mass is 292 g/mol. The lowest BCUT2D eigenvalue weighted by atomic mass is 10.0. The summed E-state index contributed by atoms with van der Waals surface area (Å²) in [6.07, 6.45) is 3.76. The summed E-state index contributed by atoms with van der Waals surface area (Å²) in [5, 5.41) is 10.1. The van der Waals surface area contributed by atoms with E-state index in [9.17, 15) is 5.26 Å². The van der Waals surface area contributed by atoms with Gasteiger partial charge in [-0.1, -0.05) is 22.0 Å². The molecule has 2 nitrogen and oxygen atoms in total. The van der Waals surface area contributed by atoms with Crippen molar-refractivity contribution >= 4 is 21.6 Å². The molecule has 0 aromatic heterocycles. The molecule has 3 heteroatoms. The van der Waals surface area contributed by atoms with Crippen LogP contribution in [-0.4, -0.2) is 12.6 Å². The molecule has 17 heavy (non-hydrogen) atoms. The summed E-state index contributed by atoms with van der Waals surface area (Å²) in [5.74, 6) is 0. The number of alkyl halides is 1. The minimum atomic E-state index is 0.547. The van der Waals surface area contributed by atoms with Crippen molar-refractivity contribution in [2.24, 2.45) is 0 Å². The van der Waals surface area contributed by atoms with Crippen LogP contribution in [0.3, 0.4) is 0 Å². The van der Waals surface area contributed by atoms with Crippen LogP contribution >= 0.6 is 15.9 Å². The van der Waals surface area contributed by atoms with E-state index in [1.54, 1.807) is 0 Å². The minimum absolute atomic E-state index is 0.547. The average molecular weight is 293 g/mol. The molecular weight excluding hydrogens is 276 g/mol. The number of benzene rings is 1. The van der Waals surface area contributed by atoms with Crippen LogP contribution in [0.1, 0.15) is 37.3 Å². The van der Waals surface area contributed by atoms with Crippen LogP contribution in [0, 0.1) is 11.3 Å². The second kappa shape index (κ2) is 5.55. The van der Waals surface area contributed by atoms with Gasteiger partial charge in [0.2, 0.25) is 0 Å². The van der Waals surface area contributed by atoms with Crippen molar-refractivity contribution in [2.45, 2.75) is 37.6 Å². The molecule has 0 amide bonds. The number of piperidine rings is 1. The molecule has 0 saturated carbocycles. The number of halogens is 1. The van der Waals surface area contributed by atoms with Crippen molar-refractivity contribution in [1.29, 1.82) is 5.26 Å². The molecule has 1 aliphatic heterocycles. The standard InChI is InChI=1S/C14H17BrN2/c1-11-4-2-3-7-17(11)14-6-5-12(9-15)8-13(14)10-16/h5-6,8,11H,2-4,7,9H2,1H3. The molecule has 1 atom stereocenters. The summed E-state index contributed by atoms with van der Waals surface area (Å²) in [5.41, 5.74) is 3.06. The molecule has 1 fully saturated rings. The minimum Gasteiger partial charge on any atom is -0.368 e. The Morgan fingerprint density at radius 2 is 2.29 bits per heavy atom. The van der Waals surface area contributed by atoms with Gasteiger partial charge >= 0.3 is 0 Å². The predicted octanol–water partition coefficient (Wildman–Crippen LogP) is 3.83. The molecule has 1 saturated heterocycles. The quantitative estimate of drug-likeness (QED) is 0.775.